The molecule has 1 atom stereocenters. The predicted octanol–water partition coefficient (Wildman–Crippen LogP) is 2.13. The summed E-state index contributed by atoms with van der Waals surface area (Å²) in [6, 6.07) is 10.1. The van der Waals surface area contributed by atoms with Crippen LogP contribution in [0.15, 0.2) is 30.3 Å². The average molecular weight is 227 g/mol. The van der Waals surface area contributed by atoms with Gasteiger partial charge in [0.25, 0.3) is 0 Å². The second-order valence-electron chi connectivity index (χ2n) is 2.82. The first-order valence-electron chi connectivity index (χ1n) is 4.07. The summed E-state index contributed by atoms with van der Waals surface area (Å²) >= 11 is -0.300. The van der Waals surface area contributed by atoms with E-state index in [9.17, 15) is 4.21 Å². The van der Waals surface area contributed by atoms with Crippen molar-refractivity contribution in [1.82, 2.24) is 4.72 Å². The molecule has 0 bridgehead atoms. The molecule has 0 amide bonds. The van der Waals surface area contributed by atoms with E-state index in [4.69, 9.17) is 4.55 Å². The number of benzene rings is 1. The van der Waals surface area contributed by atoms with Crippen LogP contribution in [-0.2, 0) is 17.8 Å². The molecule has 3 nitrogen and oxygen atoms in total. The second kappa shape index (κ2) is 4.18. The van der Waals surface area contributed by atoms with Gasteiger partial charge in [0.15, 0.2) is 0 Å². The van der Waals surface area contributed by atoms with Crippen molar-refractivity contribution in [3.8, 4) is 0 Å². The second-order valence-corrected chi connectivity index (χ2v) is 4.78. The van der Waals surface area contributed by atoms with Crippen molar-refractivity contribution >= 4 is 32.7 Å². The molecule has 2 N–H and O–H groups in total. The lowest BCUT2D eigenvalue weighted by Crippen LogP contribution is -2.14. The molecule has 2 rings (SSSR count). The van der Waals surface area contributed by atoms with Crippen molar-refractivity contribution in [2.45, 2.75) is 6.54 Å². The van der Waals surface area contributed by atoms with Gasteiger partial charge in [-0.15, -0.1) is 11.3 Å². The zero-order valence-electron chi connectivity index (χ0n) is 7.27. The van der Waals surface area contributed by atoms with Crippen molar-refractivity contribution in [3.05, 3.63) is 35.2 Å². The minimum Gasteiger partial charge on any atom is -0.294 e. The first-order chi connectivity index (χ1) is 6.75. The van der Waals surface area contributed by atoms with Gasteiger partial charge in [0, 0.05) is 16.1 Å². The monoisotopic (exact) mass is 227 g/mol. The summed E-state index contributed by atoms with van der Waals surface area (Å²) in [4.78, 5) is 1.06. The third-order valence-electron chi connectivity index (χ3n) is 1.85. The van der Waals surface area contributed by atoms with Crippen molar-refractivity contribution in [1.29, 1.82) is 0 Å². The van der Waals surface area contributed by atoms with Gasteiger partial charge in [-0.2, -0.15) is 0 Å². The summed E-state index contributed by atoms with van der Waals surface area (Å²) < 4.78 is 22.6. The molecule has 0 aliphatic heterocycles. The molecule has 0 fully saturated rings. The van der Waals surface area contributed by atoms with Crippen LogP contribution in [0.4, 0.5) is 0 Å². The summed E-state index contributed by atoms with van der Waals surface area (Å²) in [6.45, 7) is 0.433. The molecule has 1 unspecified atom stereocenters. The molecule has 0 aliphatic carbocycles. The van der Waals surface area contributed by atoms with Gasteiger partial charge in [-0.3, -0.25) is 4.55 Å². The Kier molecular flexibility index (Phi) is 2.93. The minimum atomic E-state index is -1.93. The van der Waals surface area contributed by atoms with Gasteiger partial charge in [-0.25, -0.2) is 8.93 Å². The van der Waals surface area contributed by atoms with E-state index in [1.807, 2.05) is 30.3 Å². The normalized spacial score (nSPS) is 13.2. The molecule has 5 heteroatoms. The van der Waals surface area contributed by atoms with E-state index < -0.39 is 11.3 Å². The number of hydrogen-bond acceptors (Lipinski definition) is 2. The molecule has 74 valence electrons. The van der Waals surface area contributed by atoms with Gasteiger partial charge < -0.3 is 0 Å². The highest BCUT2D eigenvalue weighted by Gasteiger charge is 2.01. The maximum absolute atomic E-state index is 10.4. The molecule has 0 radical (unpaired) electrons. The number of rotatable bonds is 3. The quantitative estimate of drug-likeness (QED) is 0.789. The Hall–Kier alpha value is -0.750. The highest BCUT2D eigenvalue weighted by Crippen LogP contribution is 2.24. The van der Waals surface area contributed by atoms with Crippen LogP contribution in [0.1, 0.15) is 4.88 Å². The summed E-state index contributed by atoms with van der Waals surface area (Å²) in [5, 5.41) is 1.18. The minimum absolute atomic E-state index is 0.433. The van der Waals surface area contributed by atoms with Crippen LogP contribution in [0.5, 0.6) is 0 Å². The van der Waals surface area contributed by atoms with Gasteiger partial charge in [0.1, 0.15) is 0 Å². The molecule has 1 heterocycles. The standard InChI is InChI=1S/C9H9NO2S2/c11-14(12)10-6-8-5-7-3-1-2-4-9(7)13-8/h1-5,10H,6H2,(H,11,12). The lowest BCUT2D eigenvalue weighted by Gasteiger charge is -1.93. The Balaban J connectivity index is 2.22. The lowest BCUT2D eigenvalue weighted by atomic mass is 10.2. The van der Waals surface area contributed by atoms with E-state index in [2.05, 4.69) is 4.72 Å². The third-order valence-corrected chi connectivity index (χ3v) is 3.35. The van der Waals surface area contributed by atoms with Crippen molar-refractivity contribution in [2.24, 2.45) is 0 Å². The van der Waals surface area contributed by atoms with Gasteiger partial charge >= 0.3 is 0 Å². The summed E-state index contributed by atoms with van der Waals surface area (Å²) in [7, 11) is 0. The van der Waals surface area contributed by atoms with Crippen molar-refractivity contribution in [3.63, 3.8) is 0 Å². The Morgan fingerprint density at radius 2 is 2.21 bits per heavy atom. The molecule has 14 heavy (non-hydrogen) atoms. The summed E-state index contributed by atoms with van der Waals surface area (Å²) in [5.74, 6) is 0. The van der Waals surface area contributed by atoms with E-state index in [1.165, 1.54) is 10.1 Å². The maximum atomic E-state index is 10.4. The van der Waals surface area contributed by atoms with E-state index >= 15 is 0 Å². The largest absolute Gasteiger partial charge is 0.294 e. The fourth-order valence-corrected chi connectivity index (χ4v) is 2.63. The fourth-order valence-electron chi connectivity index (χ4n) is 1.26. The highest BCUT2D eigenvalue weighted by atomic mass is 32.2. The van der Waals surface area contributed by atoms with E-state index in [1.54, 1.807) is 11.3 Å². The molecule has 2 aromatic rings. The summed E-state index contributed by atoms with van der Waals surface area (Å²) in [5.41, 5.74) is 0. The predicted molar refractivity (Wildman–Crippen MR) is 59.4 cm³/mol. The van der Waals surface area contributed by atoms with Gasteiger partial charge in [0.05, 0.1) is 0 Å². The van der Waals surface area contributed by atoms with E-state index in [0.29, 0.717) is 6.54 Å². The zero-order chi connectivity index (χ0) is 9.97. The van der Waals surface area contributed by atoms with Crippen LogP contribution in [0.25, 0.3) is 10.1 Å². The third kappa shape index (κ3) is 2.19. The van der Waals surface area contributed by atoms with Gasteiger partial charge in [0.2, 0.25) is 11.3 Å². The number of thiophene rings is 1. The van der Waals surface area contributed by atoms with Crippen LogP contribution >= 0.6 is 11.3 Å². The van der Waals surface area contributed by atoms with Crippen LogP contribution in [0, 0.1) is 0 Å². The van der Waals surface area contributed by atoms with Crippen molar-refractivity contribution in [2.75, 3.05) is 0 Å². The zero-order valence-corrected chi connectivity index (χ0v) is 8.90. The average Bonchev–Trinajstić information content (AvgIpc) is 2.57. The molecule has 0 aliphatic rings. The van der Waals surface area contributed by atoms with Gasteiger partial charge in [-0.1, -0.05) is 18.2 Å². The lowest BCUT2D eigenvalue weighted by molar-refractivity contribution is 0.549. The van der Waals surface area contributed by atoms with E-state index in [0.717, 1.165) is 4.88 Å². The molecule has 0 saturated heterocycles. The van der Waals surface area contributed by atoms with Crippen LogP contribution < -0.4 is 4.72 Å². The van der Waals surface area contributed by atoms with Crippen LogP contribution in [-0.4, -0.2) is 8.76 Å². The van der Waals surface area contributed by atoms with E-state index in [-0.39, 0.29) is 0 Å². The topological polar surface area (TPSA) is 49.3 Å². The Morgan fingerprint density at radius 1 is 1.43 bits per heavy atom. The molecule has 1 aromatic heterocycles. The van der Waals surface area contributed by atoms with Crippen molar-refractivity contribution < 1.29 is 8.76 Å². The number of nitrogens with one attached hydrogen (secondary N) is 1. The molecule has 0 spiro atoms. The molecular formula is C9H9NO2S2. The first kappa shape index (κ1) is 9.79. The highest BCUT2D eigenvalue weighted by molar-refractivity contribution is 7.77. The number of hydrogen-bond donors (Lipinski definition) is 2. The molecule has 0 saturated carbocycles. The Labute approximate surface area is 88.2 Å². The molecule has 1 aromatic carbocycles. The SMILES string of the molecule is O=S(O)NCc1cc2ccccc2s1. The maximum Gasteiger partial charge on any atom is 0.232 e. The Morgan fingerprint density at radius 3 is 2.93 bits per heavy atom. The Bertz CT molecular complexity index is 434. The smallest absolute Gasteiger partial charge is 0.232 e. The number of fused-ring (bicyclic) bond motifs is 1. The first-order valence-corrected chi connectivity index (χ1v) is 6.00. The summed E-state index contributed by atoms with van der Waals surface area (Å²) in [6.07, 6.45) is 0. The van der Waals surface area contributed by atoms with Crippen LogP contribution in [0.3, 0.4) is 0 Å². The van der Waals surface area contributed by atoms with Gasteiger partial charge in [-0.05, 0) is 17.5 Å². The molecular weight excluding hydrogens is 218 g/mol. The fraction of sp³-hybridized carbons (Fsp3) is 0.111. The van der Waals surface area contributed by atoms with Crippen LogP contribution in [0.2, 0.25) is 0 Å².